The molecule has 242 valence electrons. The fourth-order valence-corrected chi connectivity index (χ4v) is 11.8. The summed E-state index contributed by atoms with van der Waals surface area (Å²) in [5, 5.41) is 10.6. The smallest absolute Gasteiger partial charge is 0.248 e. The summed E-state index contributed by atoms with van der Waals surface area (Å²) in [6.07, 6.45) is 0. The molecule has 0 unspecified atom stereocenters. The molecule has 6 heterocycles. The molecular formula is C50H26B2N2. The van der Waals surface area contributed by atoms with Crippen molar-refractivity contribution in [3.05, 3.63) is 158 Å². The van der Waals surface area contributed by atoms with Crippen molar-refractivity contribution in [2.45, 2.75) is 0 Å². The second-order valence-electron chi connectivity index (χ2n) is 15.9. The van der Waals surface area contributed by atoms with Crippen LogP contribution in [-0.4, -0.2) is 22.6 Å². The molecule has 2 nitrogen and oxygen atoms in total. The fourth-order valence-electron chi connectivity index (χ4n) is 11.8. The third kappa shape index (κ3) is 2.82. The lowest BCUT2D eigenvalue weighted by Crippen LogP contribution is -2.57. The molecule has 4 aliphatic rings. The molecule has 0 radical (unpaired) electrons. The third-order valence-corrected chi connectivity index (χ3v) is 13.7. The van der Waals surface area contributed by atoms with Crippen LogP contribution in [0.3, 0.4) is 0 Å². The average Bonchev–Trinajstić information content (AvgIpc) is 3.96. The highest BCUT2D eigenvalue weighted by molar-refractivity contribution is 7.03. The van der Waals surface area contributed by atoms with Crippen LogP contribution in [0.15, 0.2) is 158 Å². The predicted octanol–water partition coefficient (Wildman–Crippen LogP) is 7.81. The Morgan fingerprint density at radius 3 is 1.28 bits per heavy atom. The summed E-state index contributed by atoms with van der Waals surface area (Å²) in [7, 11) is 0. The summed E-state index contributed by atoms with van der Waals surface area (Å²) in [6, 6.07) is 60.4. The van der Waals surface area contributed by atoms with E-state index in [1.165, 1.54) is 132 Å². The SMILES string of the molecule is c1ccc2c(c1)B1c3cc4c(cc3-n3c5ccc6ccccc6c5c5ccc-2c1c53)B1c2ccccc2-c2ccc3c5c6ccccc6ccc5n-4c3c21. The molecule has 9 aromatic carbocycles. The van der Waals surface area contributed by atoms with Gasteiger partial charge in [0, 0.05) is 44.0 Å². The quantitative estimate of drug-likeness (QED) is 0.145. The van der Waals surface area contributed by atoms with Crippen LogP contribution in [0.25, 0.3) is 98.8 Å². The molecule has 0 saturated carbocycles. The maximum absolute atomic E-state index is 2.65. The van der Waals surface area contributed by atoms with Crippen LogP contribution in [0.5, 0.6) is 0 Å². The van der Waals surface area contributed by atoms with Crippen molar-refractivity contribution in [3.63, 3.8) is 0 Å². The van der Waals surface area contributed by atoms with Crippen LogP contribution in [0.2, 0.25) is 0 Å². The number of hydrogen-bond donors (Lipinski definition) is 0. The third-order valence-electron chi connectivity index (χ3n) is 13.7. The number of benzene rings is 9. The highest BCUT2D eigenvalue weighted by Crippen LogP contribution is 2.44. The minimum atomic E-state index is 0.157. The minimum absolute atomic E-state index is 0.157. The minimum Gasteiger partial charge on any atom is -0.310 e. The molecule has 0 atom stereocenters. The number of rotatable bonds is 0. The molecule has 4 heteroatoms. The van der Waals surface area contributed by atoms with Gasteiger partial charge in [-0.1, -0.05) is 144 Å². The summed E-state index contributed by atoms with van der Waals surface area (Å²) in [5.74, 6) is 0. The van der Waals surface area contributed by atoms with E-state index in [1.807, 2.05) is 0 Å². The van der Waals surface area contributed by atoms with Crippen molar-refractivity contribution in [3.8, 4) is 33.6 Å². The molecule has 11 aromatic rings. The highest BCUT2D eigenvalue weighted by Gasteiger charge is 2.45. The lowest BCUT2D eigenvalue weighted by molar-refractivity contribution is 1.16. The van der Waals surface area contributed by atoms with Gasteiger partial charge in [-0.15, -0.1) is 0 Å². The van der Waals surface area contributed by atoms with E-state index in [-0.39, 0.29) is 13.4 Å². The first-order chi connectivity index (χ1) is 26.8. The van der Waals surface area contributed by atoms with Crippen molar-refractivity contribution in [2.24, 2.45) is 0 Å². The second kappa shape index (κ2) is 8.87. The largest absolute Gasteiger partial charge is 0.310 e. The first kappa shape index (κ1) is 26.9. The molecule has 0 spiro atoms. The van der Waals surface area contributed by atoms with E-state index >= 15 is 0 Å². The van der Waals surface area contributed by atoms with E-state index in [0.717, 1.165) is 0 Å². The van der Waals surface area contributed by atoms with E-state index in [2.05, 4.69) is 167 Å². The van der Waals surface area contributed by atoms with Crippen LogP contribution < -0.4 is 32.8 Å². The number of hydrogen-bond acceptors (Lipinski definition) is 0. The van der Waals surface area contributed by atoms with Gasteiger partial charge in [-0.3, -0.25) is 0 Å². The van der Waals surface area contributed by atoms with Gasteiger partial charge in [-0.2, -0.15) is 0 Å². The Labute approximate surface area is 310 Å². The summed E-state index contributed by atoms with van der Waals surface area (Å²) in [4.78, 5) is 0. The molecule has 0 aliphatic carbocycles. The lowest BCUT2D eigenvalue weighted by atomic mass is 9.35. The van der Waals surface area contributed by atoms with Gasteiger partial charge in [-0.25, -0.2) is 0 Å². The Balaban J connectivity index is 1.16. The monoisotopic (exact) mass is 676 g/mol. The van der Waals surface area contributed by atoms with Crippen molar-refractivity contribution >= 4 is 111 Å². The number of fused-ring (bicyclic) bond motifs is 22. The van der Waals surface area contributed by atoms with Gasteiger partial charge in [0.2, 0.25) is 13.4 Å². The number of nitrogens with zero attached hydrogens (tertiary/aromatic N) is 2. The Kier molecular flexibility index (Phi) is 4.42. The van der Waals surface area contributed by atoms with Crippen LogP contribution in [0.4, 0.5) is 0 Å². The molecule has 0 N–H and O–H groups in total. The van der Waals surface area contributed by atoms with Crippen molar-refractivity contribution in [2.75, 3.05) is 0 Å². The van der Waals surface area contributed by atoms with Gasteiger partial charge in [0.1, 0.15) is 0 Å². The van der Waals surface area contributed by atoms with Crippen molar-refractivity contribution in [1.82, 2.24) is 9.13 Å². The molecule has 0 saturated heterocycles. The van der Waals surface area contributed by atoms with E-state index in [4.69, 9.17) is 0 Å². The first-order valence-electron chi connectivity index (χ1n) is 19.2. The normalized spacial score (nSPS) is 13.9. The summed E-state index contributed by atoms with van der Waals surface area (Å²) >= 11 is 0. The van der Waals surface area contributed by atoms with Crippen LogP contribution >= 0.6 is 0 Å². The molecule has 15 rings (SSSR count). The topological polar surface area (TPSA) is 9.86 Å². The fraction of sp³-hybridized carbons (Fsp3) is 0. The Morgan fingerprint density at radius 1 is 0.333 bits per heavy atom. The van der Waals surface area contributed by atoms with Gasteiger partial charge in [-0.05, 0) is 89.9 Å². The van der Waals surface area contributed by atoms with Gasteiger partial charge in [0.25, 0.3) is 0 Å². The lowest BCUT2D eigenvalue weighted by Gasteiger charge is -2.31. The van der Waals surface area contributed by atoms with E-state index < -0.39 is 0 Å². The van der Waals surface area contributed by atoms with E-state index in [9.17, 15) is 0 Å². The predicted molar refractivity (Wildman–Crippen MR) is 230 cm³/mol. The van der Waals surface area contributed by atoms with Gasteiger partial charge in [0.05, 0.1) is 11.0 Å². The summed E-state index contributed by atoms with van der Waals surface area (Å²) in [6.45, 7) is 0.315. The molecule has 2 aromatic heterocycles. The Bertz CT molecular complexity index is 3400. The molecule has 54 heavy (non-hydrogen) atoms. The summed E-state index contributed by atoms with van der Waals surface area (Å²) < 4.78 is 5.29. The molecule has 0 amide bonds. The first-order valence-corrected chi connectivity index (χ1v) is 19.2. The highest BCUT2D eigenvalue weighted by atomic mass is 15.0. The Morgan fingerprint density at radius 2 is 0.778 bits per heavy atom. The van der Waals surface area contributed by atoms with Crippen molar-refractivity contribution < 1.29 is 0 Å². The average molecular weight is 676 g/mol. The molecule has 0 bridgehead atoms. The maximum Gasteiger partial charge on any atom is 0.248 e. The van der Waals surface area contributed by atoms with Crippen LogP contribution in [0.1, 0.15) is 0 Å². The molecule has 4 aliphatic heterocycles. The maximum atomic E-state index is 2.65. The van der Waals surface area contributed by atoms with Crippen molar-refractivity contribution in [1.29, 1.82) is 0 Å². The van der Waals surface area contributed by atoms with E-state index in [0.29, 0.717) is 0 Å². The zero-order valence-electron chi connectivity index (χ0n) is 29.1. The zero-order chi connectivity index (χ0) is 34.6. The Hall–Kier alpha value is -6.77. The van der Waals surface area contributed by atoms with Crippen LogP contribution in [0, 0.1) is 0 Å². The summed E-state index contributed by atoms with van der Waals surface area (Å²) in [5.41, 5.74) is 22.0. The number of aromatic nitrogens is 2. The molecule has 0 fully saturated rings. The van der Waals surface area contributed by atoms with Gasteiger partial charge < -0.3 is 9.13 Å². The second-order valence-corrected chi connectivity index (χ2v) is 15.9. The zero-order valence-corrected chi connectivity index (χ0v) is 29.1. The van der Waals surface area contributed by atoms with E-state index in [1.54, 1.807) is 0 Å². The molecular weight excluding hydrogens is 650 g/mol. The van der Waals surface area contributed by atoms with Gasteiger partial charge in [0.15, 0.2) is 0 Å². The van der Waals surface area contributed by atoms with Gasteiger partial charge >= 0.3 is 0 Å². The van der Waals surface area contributed by atoms with Crippen LogP contribution in [-0.2, 0) is 0 Å². The standard InChI is InChI=1S/C50H26B2N2/c1-3-11-29-27(9-1)17-23-41-45(29)35-21-19-33-31-13-5-7-15-37(31)51-39-26-44-40(25-43(39)53(41)49(35)47(33)51)52-38-16-8-6-14-32(38)34-20-22-36-46-30-12-4-2-10-28(30)18-24-42(46)54(44)50(36)48(34)52/h1-26H.